The van der Waals surface area contributed by atoms with Gasteiger partial charge in [-0.15, -0.1) is 0 Å². The normalized spacial score (nSPS) is 36.2. The van der Waals surface area contributed by atoms with Crippen LogP contribution in [0.1, 0.15) is 19.3 Å². The Morgan fingerprint density at radius 2 is 1.38 bits per heavy atom. The molecule has 2 rings (SSSR count). The quantitative estimate of drug-likeness (QED) is 0.0977. The van der Waals surface area contributed by atoms with Gasteiger partial charge in [0, 0.05) is 6.61 Å². The predicted molar refractivity (Wildman–Crippen MR) is 119 cm³/mol. The highest BCUT2D eigenvalue weighted by molar-refractivity contribution is 5.77. The lowest BCUT2D eigenvalue weighted by Gasteiger charge is -2.48. The van der Waals surface area contributed by atoms with Gasteiger partial charge in [0.05, 0.1) is 13.2 Å². The van der Waals surface area contributed by atoms with Gasteiger partial charge in [-0.1, -0.05) is 0 Å². The second kappa shape index (κ2) is 15.7. The van der Waals surface area contributed by atoms with Gasteiger partial charge in [0.25, 0.3) is 11.8 Å². The Kier molecular flexibility index (Phi) is 13.4. The van der Waals surface area contributed by atoms with E-state index in [0.717, 1.165) is 12.8 Å². The molecule has 10 atom stereocenters. The third-order valence-electron chi connectivity index (χ3n) is 6.05. The lowest BCUT2D eigenvalue weighted by molar-refractivity contribution is -0.332. The largest absolute Gasteiger partial charge is 0.394 e. The van der Waals surface area contributed by atoms with Crippen molar-refractivity contribution >= 4 is 11.8 Å². The van der Waals surface area contributed by atoms with Crippen molar-refractivity contribution in [3.63, 3.8) is 0 Å². The topological polar surface area (TPSA) is 222 Å². The summed E-state index contributed by atoms with van der Waals surface area (Å²) in [7, 11) is 0. The number of nitrogens with one attached hydrogen (secondary N) is 2. The fraction of sp³-hybridized carbons (Fsp3) is 0.905. The molecule has 2 amide bonds. The molecule has 2 saturated heterocycles. The van der Waals surface area contributed by atoms with Crippen LogP contribution >= 0.6 is 0 Å². The minimum absolute atomic E-state index is 0.133. The minimum Gasteiger partial charge on any atom is -0.394 e. The number of hydrogen-bond donors (Lipinski definition) is 8. The molecule has 0 aromatic rings. The first-order chi connectivity index (χ1) is 17.7. The molecule has 2 aliphatic heterocycles. The molecule has 0 bridgehead atoms. The first-order valence-corrected chi connectivity index (χ1v) is 12.0. The van der Waals surface area contributed by atoms with Gasteiger partial charge >= 0.3 is 0 Å². The summed E-state index contributed by atoms with van der Waals surface area (Å²) in [6.07, 6.45) is -10.4. The summed E-state index contributed by atoms with van der Waals surface area (Å²) in [5.74, 6) is -2.27. The van der Waals surface area contributed by atoms with Gasteiger partial charge in [-0.3, -0.25) is 9.59 Å². The highest BCUT2D eigenvalue weighted by atomic mass is 19.1. The maximum atomic E-state index is 12.9. The average Bonchev–Trinajstić information content (AvgIpc) is 2.90. The van der Waals surface area contributed by atoms with Crippen molar-refractivity contribution in [3.8, 4) is 0 Å². The van der Waals surface area contributed by atoms with Crippen molar-refractivity contribution < 1.29 is 62.8 Å². The first kappa shape index (κ1) is 31.6. The minimum atomic E-state index is -1.78. The van der Waals surface area contributed by atoms with E-state index in [1.54, 1.807) is 0 Å². The van der Waals surface area contributed by atoms with Gasteiger partial charge in [0.15, 0.2) is 25.9 Å². The zero-order valence-electron chi connectivity index (χ0n) is 20.2. The average molecular weight is 546 g/mol. The number of carbonyl (C=O) groups is 2. The molecule has 16 heteroatoms. The van der Waals surface area contributed by atoms with Gasteiger partial charge in [-0.25, -0.2) is 8.78 Å². The summed E-state index contributed by atoms with van der Waals surface area (Å²) in [5, 5.41) is 55.4. The lowest BCUT2D eigenvalue weighted by Crippen LogP contribution is -2.69. The van der Waals surface area contributed by atoms with Crippen LogP contribution in [0.4, 0.5) is 8.78 Å². The molecule has 0 aromatic carbocycles. The number of ether oxygens (including phenoxy) is 4. The number of alkyl halides is 2. The van der Waals surface area contributed by atoms with E-state index in [9.17, 15) is 43.9 Å². The van der Waals surface area contributed by atoms with Crippen LogP contribution < -0.4 is 16.4 Å². The fourth-order valence-electron chi connectivity index (χ4n) is 4.11. The van der Waals surface area contributed by atoms with Crippen LogP contribution in [0, 0.1) is 0 Å². The van der Waals surface area contributed by atoms with Crippen LogP contribution in [-0.4, -0.2) is 138 Å². The van der Waals surface area contributed by atoms with E-state index < -0.39 is 99.7 Å². The molecule has 0 saturated carbocycles. The Bertz CT molecular complexity index is 713. The zero-order valence-corrected chi connectivity index (χ0v) is 20.2. The molecule has 216 valence electrons. The van der Waals surface area contributed by atoms with E-state index in [2.05, 4.69) is 10.6 Å². The predicted octanol–water partition coefficient (Wildman–Crippen LogP) is -4.06. The molecule has 9 N–H and O–H groups in total. The van der Waals surface area contributed by atoms with Crippen molar-refractivity contribution in [2.75, 3.05) is 39.7 Å². The third kappa shape index (κ3) is 8.44. The van der Waals surface area contributed by atoms with E-state index >= 15 is 0 Å². The number of halogens is 2. The van der Waals surface area contributed by atoms with Crippen molar-refractivity contribution in [2.24, 2.45) is 5.73 Å². The summed E-state index contributed by atoms with van der Waals surface area (Å²) in [6.45, 7) is -3.77. The number of aliphatic hydroxyl groups is 5. The Morgan fingerprint density at radius 1 is 0.811 bits per heavy atom. The van der Waals surface area contributed by atoms with Gasteiger partial charge < -0.3 is 60.8 Å². The molecule has 2 aliphatic rings. The summed E-state index contributed by atoms with van der Waals surface area (Å²) in [6, 6.07) is -2.94. The van der Waals surface area contributed by atoms with E-state index in [1.165, 1.54) is 0 Å². The summed E-state index contributed by atoms with van der Waals surface area (Å²) in [5.41, 5.74) is 5.45. The number of aliphatic hydroxyl groups excluding tert-OH is 5. The van der Waals surface area contributed by atoms with Crippen LogP contribution in [0.25, 0.3) is 0 Å². The Balaban J connectivity index is 2.25. The molecule has 0 aromatic heterocycles. The number of carbonyl (C=O) groups excluding carboxylic acids is 2. The summed E-state index contributed by atoms with van der Waals surface area (Å²) in [4.78, 5) is 23.5. The number of nitrogens with two attached hydrogens (primary N) is 1. The monoisotopic (exact) mass is 545 g/mol. The molecule has 14 nitrogen and oxygen atoms in total. The summed E-state index contributed by atoms with van der Waals surface area (Å²) >= 11 is 0. The second-order valence-corrected chi connectivity index (χ2v) is 8.70. The lowest BCUT2D eigenvalue weighted by atomic mass is 9.94. The van der Waals surface area contributed by atoms with Crippen molar-refractivity contribution in [1.29, 1.82) is 0 Å². The fourth-order valence-corrected chi connectivity index (χ4v) is 4.11. The SMILES string of the molecule is NCCCCCO[C@@H]1O[C@H](CO)[C@@H](O[C@@H]2O[C@H](CO)[C@@H](O)[C@H](O)[C@H]2NC(=O)CF)[C@H](O)[C@H]1NC(=O)CF. The van der Waals surface area contributed by atoms with Gasteiger partial charge in [0.2, 0.25) is 0 Å². The maximum Gasteiger partial charge on any atom is 0.251 e. The molecule has 0 unspecified atom stereocenters. The van der Waals surface area contributed by atoms with E-state index in [1.807, 2.05) is 0 Å². The molecule has 0 aliphatic carbocycles. The Labute approximate surface area is 212 Å². The zero-order chi connectivity index (χ0) is 27.5. The number of unbranched alkanes of at least 4 members (excludes halogenated alkanes) is 2. The second-order valence-electron chi connectivity index (χ2n) is 8.70. The number of rotatable bonds is 14. The highest BCUT2D eigenvalue weighted by Gasteiger charge is 2.52. The van der Waals surface area contributed by atoms with Crippen LogP contribution in [0.15, 0.2) is 0 Å². The standard InChI is InChI=1S/C21H37F2N3O11/c22-6-12(29)25-14-17(32)16(31)10(8-27)35-21(14)37-19-11(9-28)36-20(34-5-3-1-2-4-24)15(18(19)33)26-13(30)7-23/h10-11,14-21,27-28,31-33H,1-9,24H2,(H,25,29)(H,26,30)/t10-,11-,14-,15-,16-,17-,18-,19-,20-,21+/m1/s1. The van der Waals surface area contributed by atoms with Crippen molar-refractivity contribution in [1.82, 2.24) is 10.6 Å². The van der Waals surface area contributed by atoms with E-state index in [-0.39, 0.29) is 6.61 Å². The molecular formula is C21H37F2N3O11. The highest BCUT2D eigenvalue weighted by Crippen LogP contribution is 2.30. The van der Waals surface area contributed by atoms with Crippen LogP contribution in [0.2, 0.25) is 0 Å². The molecule has 0 spiro atoms. The molecule has 2 fully saturated rings. The van der Waals surface area contributed by atoms with Crippen LogP contribution in [0.3, 0.4) is 0 Å². The van der Waals surface area contributed by atoms with Gasteiger partial charge in [0.1, 0.15) is 48.7 Å². The van der Waals surface area contributed by atoms with Gasteiger partial charge in [-0.05, 0) is 25.8 Å². The van der Waals surface area contributed by atoms with Crippen LogP contribution in [-0.2, 0) is 28.5 Å². The van der Waals surface area contributed by atoms with E-state index in [4.69, 9.17) is 24.7 Å². The maximum absolute atomic E-state index is 12.9. The Hall–Kier alpha value is -1.60. The number of amides is 2. The summed E-state index contributed by atoms with van der Waals surface area (Å²) < 4.78 is 48.2. The number of hydrogen-bond acceptors (Lipinski definition) is 12. The molecule has 37 heavy (non-hydrogen) atoms. The first-order valence-electron chi connectivity index (χ1n) is 12.0. The van der Waals surface area contributed by atoms with Gasteiger partial charge in [-0.2, -0.15) is 0 Å². The Morgan fingerprint density at radius 3 is 1.92 bits per heavy atom. The molecule has 2 heterocycles. The van der Waals surface area contributed by atoms with Crippen molar-refractivity contribution in [2.45, 2.75) is 80.5 Å². The van der Waals surface area contributed by atoms with Crippen molar-refractivity contribution in [3.05, 3.63) is 0 Å². The third-order valence-corrected chi connectivity index (χ3v) is 6.05. The molecular weight excluding hydrogens is 508 g/mol. The smallest absolute Gasteiger partial charge is 0.251 e. The van der Waals surface area contributed by atoms with Crippen LogP contribution in [0.5, 0.6) is 0 Å². The van der Waals surface area contributed by atoms with E-state index in [0.29, 0.717) is 13.0 Å². The molecule has 0 radical (unpaired) electrons.